The number of β-amino-alcohol motifs (C(OH)–C–C–N with tert-alkyl or cyclic N) is 1. The van der Waals surface area contributed by atoms with Crippen molar-refractivity contribution in [3.8, 4) is 16.2 Å². The zero-order chi connectivity index (χ0) is 33.9. The lowest BCUT2D eigenvalue weighted by molar-refractivity contribution is -0.144. The Kier molecular flexibility index (Phi) is 10.7. The quantitative estimate of drug-likeness (QED) is 0.243. The first kappa shape index (κ1) is 34.5. The molecular weight excluding hydrogens is 614 g/mol. The van der Waals surface area contributed by atoms with Crippen LogP contribution in [0.5, 0.6) is 5.75 Å². The van der Waals surface area contributed by atoms with Crippen LogP contribution in [-0.2, 0) is 20.8 Å². The van der Waals surface area contributed by atoms with Gasteiger partial charge in [0.15, 0.2) is 0 Å². The molecule has 1 saturated carbocycles. The Morgan fingerprint density at radius 3 is 2.32 bits per heavy atom. The van der Waals surface area contributed by atoms with Crippen molar-refractivity contribution in [1.29, 1.82) is 0 Å². The lowest BCUT2D eigenvalue weighted by Crippen LogP contribution is -2.58. The van der Waals surface area contributed by atoms with Crippen molar-refractivity contribution in [1.82, 2.24) is 25.8 Å². The fraction of sp³-hybridized carbons (Fsp3) is 0.500. The van der Waals surface area contributed by atoms with E-state index in [4.69, 9.17) is 4.74 Å². The van der Waals surface area contributed by atoms with Gasteiger partial charge in [-0.15, -0.1) is 11.3 Å². The molecule has 4 N–H and O–H groups in total. The molecule has 2 aliphatic rings. The van der Waals surface area contributed by atoms with E-state index in [2.05, 4.69) is 20.9 Å². The Morgan fingerprint density at radius 2 is 1.72 bits per heavy atom. The monoisotopic (exact) mass is 661 g/mol. The third kappa shape index (κ3) is 8.38. The second kappa shape index (κ2) is 14.5. The number of likely N-dealkylation sites (tertiary alicyclic amines) is 1. The predicted octanol–water partition coefficient (Wildman–Crippen LogP) is 4.16. The summed E-state index contributed by atoms with van der Waals surface area (Å²) < 4.78 is 6.00. The van der Waals surface area contributed by atoms with Gasteiger partial charge in [-0.1, -0.05) is 57.2 Å². The number of aliphatic hydroxyl groups is 1. The van der Waals surface area contributed by atoms with Crippen molar-refractivity contribution in [2.24, 2.45) is 5.41 Å². The minimum absolute atomic E-state index is 0.0220. The molecule has 1 aliphatic carbocycles. The number of aliphatic hydroxyl groups excluding tert-OH is 1. The number of nitrogens with one attached hydrogen (secondary N) is 3. The lowest BCUT2D eigenvalue weighted by Gasteiger charge is -2.35. The number of ether oxygens (including phenoxy) is 1. The first-order chi connectivity index (χ1) is 22.3. The molecule has 5 rings (SSSR count). The zero-order valence-electron chi connectivity index (χ0n) is 28.1. The molecule has 252 valence electrons. The summed E-state index contributed by atoms with van der Waals surface area (Å²) in [6.45, 7) is 9.53. The Morgan fingerprint density at radius 1 is 1.04 bits per heavy atom. The molecule has 0 spiro atoms. The smallest absolute Gasteiger partial charge is 0.246 e. The summed E-state index contributed by atoms with van der Waals surface area (Å²) in [6, 6.07) is 13.9. The average molecular weight is 662 g/mol. The van der Waals surface area contributed by atoms with Gasteiger partial charge in [0.1, 0.15) is 23.9 Å². The van der Waals surface area contributed by atoms with E-state index in [-0.39, 0.29) is 49.3 Å². The number of hydrogen-bond acceptors (Lipinski definition) is 8. The van der Waals surface area contributed by atoms with Gasteiger partial charge in [0.2, 0.25) is 17.7 Å². The third-order valence-corrected chi connectivity index (χ3v) is 10.1. The number of benzene rings is 2. The SMILES string of the molecule is CN[C@H]1C[C@H](Oc2ccc(CC(=O)N[C@H](C(=O)N3C[C@H](O)C[C@H]3C(=O)N[C@@H](C)c3ccc(-c4scnc4C)cc3)C(C)(C)C)cc2)C1. The number of aryl methyl sites for hydroxylation is 1. The standard InChI is InChI=1S/C36H47N5O5S/c1-21(24-9-11-25(12-10-24)32-22(2)38-20-47-32)39-34(44)30-18-27(42)19-41(30)35(45)33(36(3,4)5)40-31(43)15-23-7-13-28(14-8-23)46-29-16-26(17-29)37-6/h7-14,20-21,26-27,29-30,33,37,42H,15-19H2,1-6H3,(H,39,44)(H,40,43)/t21-,26-,27+,29-,30-,33+/m0/s1. The van der Waals surface area contributed by atoms with E-state index in [1.54, 1.807) is 11.3 Å². The molecule has 1 aliphatic heterocycles. The van der Waals surface area contributed by atoms with Gasteiger partial charge < -0.3 is 30.7 Å². The normalized spacial score (nSPS) is 22.2. The van der Waals surface area contributed by atoms with E-state index in [1.807, 2.05) is 95.7 Å². The highest BCUT2D eigenvalue weighted by molar-refractivity contribution is 7.13. The van der Waals surface area contributed by atoms with Crippen LogP contribution in [-0.4, -0.2) is 76.6 Å². The zero-order valence-corrected chi connectivity index (χ0v) is 28.9. The summed E-state index contributed by atoms with van der Waals surface area (Å²) in [5.41, 5.74) is 4.95. The molecule has 3 aromatic rings. The van der Waals surface area contributed by atoms with Gasteiger partial charge in [-0.2, -0.15) is 0 Å². The number of carbonyl (C=O) groups is 3. The minimum Gasteiger partial charge on any atom is -0.490 e. The topological polar surface area (TPSA) is 133 Å². The van der Waals surface area contributed by atoms with Crippen molar-refractivity contribution >= 4 is 29.1 Å². The maximum absolute atomic E-state index is 14.0. The molecule has 11 heteroatoms. The summed E-state index contributed by atoms with van der Waals surface area (Å²) in [4.78, 5) is 47.6. The molecule has 2 fully saturated rings. The summed E-state index contributed by atoms with van der Waals surface area (Å²) in [6.07, 6.45) is 1.53. The summed E-state index contributed by atoms with van der Waals surface area (Å²) >= 11 is 1.59. The molecule has 0 unspecified atom stereocenters. The highest BCUT2D eigenvalue weighted by Gasteiger charge is 2.44. The molecule has 2 heterocycles. The fourth-order valence-corrected chi connectivity index (χ4v) is 7.00. The van der Waals surface area contributed by atoms with Crippen molar-refractivity contribution < 1.29 is 24.2 Å². The second-order valence-electron chi connectivity index (χ2n) is 13.9. The molecule has 47 heavy (non-hydrogen) atoms. The third-order valence-electron chi connectivity index (χ3n) is 9.15. The number of aromatic nitrogens is 1. The molecule has 1 aromatic heterocycles. The largest absolute Gasteiger partial charge is 0.490 e. The molecular formula is C36H47N5O5S. The van der Waals surface area contributed by atoms with Crippen LogP contribution in [0.2, 0.25) is 0 Å². The van der Waals surface area contributed by atoms with Crippen LogP contribution in [0, 0.1) is 12.3 Å². The van der Waals surface area contributed by atoms with Gasteiger partial charge in [-0.25, -0.2) is 4.98 Å². The van der Waals surface area contributed by atoms with Crippen molar-refractivity contribution in [2.75, 3.05) is 13.6 Å². The maximum Gasteiger partial charge on any atom is 0.246 e. The van der Waals surface area contributed by atoms with E-state index in [1.165, 1.54) is 4.90 Å². The van der Waals surface area contributed by atoms with Crippen molar-refractivity contribution in [3.63, 3.8) is 0 Å². The lowest BCUT2D eigenvalue weighted by atomic mass is 9.85. The molecule has 1 saturated heterocycles. The van der Waals surface area contributed by atoms with E-state index in [9.17, 15) is 19.5 Å². The van der Waals surface area contributed by atoms with Gasteiger partial charge >= 0.3 is 0 Å². The maximum atomic E-state index is 14.0. The van der Waals surface area contributed by atoms with E-state index in [0.717, 1.165) is 45.9 Å². The van der Waals surface area contributed by atoms with E-state index < -0.39 is 23.6 Å². The van der Waals surface area contributed by atoms with E-state index in [0.29, 0.717) is 6.04 Å². The molecule has 4 atom stereocenters. The highest BCUT2D eigenvalue weighted by Crippen LogP contribution is 2.30. The predicted molar refractivity (Wildman–Crippen MR) is 183 cm³/mol. The summed E-state index contributed by atoms with van der Waals surface area (Å²) in [5.74, 6) is -0.252. The Hall–Kier alpha value is -3.80. The highest BCUT2D eigenvalue weighted by atomic mass is 32.1. The van der Waals surface area contributed by atoms with Crippen LogP contribution in [0.25, 0.3) is 10.4 Å². The van der Waals surface area contributed by atoms with Crippen LogP contribution in [0.1, 0.15) is 69.8 Å². The van der Waals surface area contributed by atoms with Gasteiger partial charge in [-0.3, -0.25) is 14.4 Å². The first-order valence-corrected chi connectivity index (χ1v) is 17.2. The van der Waals surface area contributed by atoms with Gasteiger partial charge in [0, 0.05) is 19.0 Å². The van der Waals surface area contributed by atoms with Crippen LogP contribution >= 0.6 is 11.3 Å². The number of amides is 3. The molecule has 0 radical (unpaired) electrons. The molecule has 3 amide bonds. The van der Waals surface area contributed by atoms with E-state index >= 15 is 0 Å². The summed E-state index contributed by atoms with van der Waals surface area (Å²) in [7, 11) is 1.95. The Balaban J connectivity index is 1.20. The minimum atomic E-state index is -0.892. The fourth-order valence-electron chi connectivity index (χ4n) is 6.19. The first-order valence-electron chi connectivity index (χ1n) is 16.3. The van der Waals surface area contributed by atoms with Crippen molar-refractivity contribution in [3.05, 3.63) is 70.9 Å². The second-order valence-corrected chi connectivity index (χ2v) is 14.8. The van der Waals surface area contributed by atoms with Gasteiger partial charge in [0.05, 0.1) is 34.6 Å². The van der Waals surface area contributed by atoms with Gasteiger partial charge in [-0.05, 0) is 68.0 Å². The van der Waals surface area contributed by atoms with Crippen LogP contribution in [0.4, 0.5) is 0 Å². The molecule has 2 aromatic carbocycles. The number of nitrogens with zero attached hydrogens (tertiary/aromatic N) is 2. The summed E-state index contributed by atoms with van der Waals surface area (Å²) in [5, 5.41) is 19.8. The average Bonchev–Trinajstić information content (AvgIpc) is 3.62. The van der Waals surface area contributed by atoms with Crippen LogP contribution < -0.4 is 20.7 Å². The number of rotatable bonds is 11. The molecule has 0 bridgehead atoms. The number of hydrogen-bond donors (Lipinski definition) is 4. The Bertz CT molecular complexity index is 1540. The van der Waals surface area contributed by atoms with Crippen LogP contribution in [0.15, 0.2) is 54.0 Å². The molecule has 10 nitrogen and oxygen atoms in total. The van der Waals surface area contributed by atoms with Crippen LogP contribution in [0.3, 0.4) is 0 Å². The number of thiazole rings is 1. The van der Waals surface area contributed by atoms with Crippen molar-refractivity contribution in [2.45, 2.75) is 96.7 Å². The number of carbonyl (C=O) groups excluding carboxylic acids is 3. The Labute approximate surface area is 281 Å². The van der Waals surface area contributed by atoms with Gasteiger partial charge in [0.25, 0.3) is 0 Å².